The number of sulfone groups is 1. The van der Waals surface area contributed by atoms with Crippen molar-refractivity contribution in [2.75, 3.05) is 16.8 Å². The van der Waals surface area contributed by atoms with Gasteiger partial charge in [0.15, 0.2) is 9.84 Å². The Hall–Kier alpha value is -1.79. The predicted octanol–water partition coefficient (Wildman–Crippen LogP) is 4.22. The molecule has 3 rings (SSSR count). The van der Waals surface area contributed by atoms with Gasteiger partial charge in [-0.05, 0) is 62.1 Å². The number of carbonyl (C=O) groups is 1. The lowest BCUT2D eigenvalue weighted by Crippen LogP contribution is -2.17. The van der Waals surface area contributed by atoms with Gasteiger partial charge in [0.05, 0.1) is 11.5 Å². The third-order valence-electron chi connectivity index (χ3n) is 4.50. The predicted molar refractivity (Wildman–Crippen MR) is 106 cm³/mol. The van der Waals surface area contributed by atoms with Crippen LogP contribution in [0, 0.1) is 19.8 Å². The van der Waals surface area contributed by atoms with Crippen LogP contribution in [0.3, 0.4) is 0 Å². The van der Waals surface area contributed by atoms with Crippen molar-refractivity contribution < 1.29 is 13.2 Å². The van der Waals surface area contributed by atoms with Gasteiger partial charge in [-0.15, -0.1) is 0 Å². The maximum atomic E-state index is 12.1. The summed E-state index contributed by atoms with van der Waals surface area (Å²) in [6.07, 6.45) is 0.847. The first-order valence-corrected chi connectivity index (χ1v) is 11.3. The van der Waals surface area contributed by atoms with E-state index in [1.54, 1.807) is 11.8 Å². The van der Waals surface area contributed by atoms with Crippen LogP contribution in [0.1, 0.15) is 24.0 Å². The molecule has 0 saturated carbocycles. The Bertz CT molecular complexity index is 905. The van der Waals surface area contributed by atoms with E-state index in [0.717, 1.165) is 10.6 Å². The first-order chi connectivity index (χ1) is 12.3. The molecule has 1 atom stereocenters. The Balaban J connectivity index is 1.56. The molecule has 1 saturated heterocycles. The van der Waals surface area contributed by atoms with Gasteiger partial charge in [-0.25, -0.2) is 8.42 Å². The minimum atomic E-state index is -2.94. The van der Waals surface area contributed by atoms with Crippen LogP contribution in [0.25, 0.3) is 0 Å². The third kappa shape index (κ3) is 5.11. The molecule has 1 aliphatic rings. The second-order valence-electron chi connectivity index (χ2n) is 6.92. The largest absolute Gasteiger partial charge is 0.326 e. The van der Waals surface area contributed by atoms with Gasteiger partial charge in [-0.3, -0.25) is 4.79 Å². The topological polar surface area (TPSA) is 63.2 Å². The summed E-state index contributed by atoms with van der Waals surface area (Å²) in [5.41, 5.74) is 3.24. The zero-order valence-corrected chi connectivity index (χ0v) is 16.6. The summed E-state index contributed by atoms with van der Waals surface area (Å²) in [7, 11) is -2.94. The lowest BCUT2D eigenvalue weighted by atomic mass is 10.1. The number of aryl methyl sites for hydroxylation is 2. The second-order valence-corrected chi connectivity index (χ2v) is 10.3. The molecule has 1 heterocycles. The van der Waals surface area contributed by atoms with Gasteiger partial charge in [0.2, 0.25) is 5.91 Å². The molecule has 1 N–H and O–H groups in total. The molecule has 1 unspecified atom stereocenters. The van der Waals surface area contributed by atoms with Gasteiger partial charge >= 0.3 is 0 Å². The summed E-state index contributed by atoms with van der Waals surface area (Å²) in [6.45, 7) is 4.19. The van der Waals surface area contributed by atoms with E-state index in [-0.39, 0.29) is 29.8 Å². The van der Waals surface area contributed by atoms with Gasteiger partial charge in [0.1, 0.15) is 0 Å². The van der Waals surface area contributed by atoms with Crippen molar-refractivity contribution in [3.63, 3.8) is 0 Å². The van der Waals surface area contributed by atoms with E-state index >= 15 is 0 Å². The van der Waals surface area contributed by atoms with Gasteiger partial charge in [-0.1, -0.05) is 29.5 Å². The Labute approximate surface area is 159 Å². The number of benzene rings is 2. The summed E-state index contributed by atoms with van der Waals surface area (Å²) in [6, 6.07) is 14.1. The third-order valence-corrected chi connectivity index (χ3v) is 7.52. The monoisotopic (exact) mass is 389 g/mol. The van der Waals surface area contributed by atoms with Crippen LogP contribution >= 0.6 is 11.8 Å². The quantitative estimate of drug-likeness (QED) is 0.832. The molecule has 26 heavy (non-hydrogen) atoms. The molecular formula is C20H23NO3S2. The van der Waals surface area contributed by atoms with Crippen LogP contribution < -0.4 is 5.32 Å². The summed E-state index contributed by atoms with van der Waals surface area (Å²) >= 11 is 1.70. The molecule has 1 aliphatic heterocycles. The Morgan fingerprint density at radius 1 is 1.15 bits per heavy atom. The highest BCUT2D eigenvalue weighted by atomic mass is 32.2. The van der Waals surface area contributed by atoms with Crippen LogP contribution in [0.4, 0.5) is 5.69 Å². The number of amides is 1. The van der Waals surface area contributed by atoms with Gasteiger partial charge < -0.3 is 5.32 Å². The number of rotatable bonds is 5. The number of carbonyl (C=O) groups excluding carboxylic acids is 1. The number of anilines is 1. The van der Waals surface area contributed by atoms with Crippen LogP contribution in [0.2, 0.25) is 0 Å². The van der Waals surface area contributed by atoms with E-state index in [2.05, 4.69) is 37.4 Å². The van der Waals surface area contributed by atoms with Crippen LogP contribution in [0.15, 0.2) is 52.3 Å². The summed E-state index contributed by atoms with van der Waals surface area (Å²) < 4.78 is 23.0. The molecule has 0 bridgehead atoms. The second kappa shape index (κ2) is 7.84. The lowest BCUT2D eigenvalue weighted by Gasteiger charge is -2.10. The number of hydrogen-bond acceptors (Lipinski definition) is 4. The zero-order valence-electron chi connectivity index (χ0n) is 15.0. The first-order valence-electron chi connectivity index (χ1n) is 8.66. The SMILES string of the molecule is Cc1ccc(Sc2ccc(NC(=O)CC3CCS(=O)(=O)C3)cc2)c(C)c1. The fourth-order valence-electron chi connectivity index (χ4n) is 3.15. The van der Waals surface area contributed by atoms with Crippen molar-refractivity contribution >= 4 is 33.2 Å². The highest BCUT2D eigenvalue weighted by Crippen LogP contribution is 2.31. The van der Waals surface area contributed by atoms with Crippen LogP contribution in [-0.2, 0) is 14.6 Å². The highest BCUT2D eigenvalue weighted by Gasteiger charge is 2.29. The molecule has 2 aromatic carbocycles. The molecule has 4 nitrogen and oxygen atoms in total. The van der Waals surface area contributed by atoms with E-state index < -0.39 is 9.84 Å². The molecule has 0 aliphatic carbocycles. The van der Waals surface area contributed by atoms with Crippen molar-refractivity contribution in [1.29, 1.82) is 0 Å². The van der Waals surface area contributed by atoms with Crippen LogP contribution in [-0.4, -0.2) is 25.8 Å². The number of hydrogen-bond donors (Lipinski definition) is 1. The fraction of sp³-hybridized carbons (Fsp3) is 0.350. The standard InChI is InChI=1S/C20H23NO3S2/c1-14-3-8-19(15(2)11-14)25-18-6-4-17(5-7-18)21-20(22)12-16-9-10-26(23,24)13-16/h3-8,11,16H,9-10,12-13H2,1-2H3,(H,21,22). The van der Waals surface area contributed by atoms with Gasteiger partial charge in [0, 0.05) is 21.9 Å². The molecule has 0 radical (unpaired) electrons. The van der Waals surface area contributed by atoms with Crippen LogP contribution in [0.5, 0.6) is 0 Å². The van der Waals surface area contributed by atoms with Crippen molar-refractivity contribution in [3.8, 4) is 0 Å². The normalized spacial score (nSPS) is 18.6. The minimum absolute atomic E-state index is 0.0562. The smallest absolute Gasteiger partial charge is 0.224 e. The maximum absolute atomic E-state index is 12.1. The van der Waals surface area contributed by atoms with E-state index in [4.69, 9.17) is 0 Å². The zero-order chi connectivity index (χ0) is 18.7. The average molecular weight is 390 g/mol. The van der Waals surface area contributed by atoms with E-state index in [1.807, 2.05) is 24.3 Å². The van der Waals surface area contributed by atoms with E-state index in [1.165, 1.54) is 16.0 Å². The molecule has 138 valence electrons. The molecule has 0 spiro atoms. The van der Waals surface area contributed by atoms with Gasteiger partial charge in [0.25, 0.3) is 0 Å². The van der Waals surface area contributed by atoms with E-state index in [0.29, 0.717) is 6.42 Å². The maximum Gasteiger partial charge on any atom is 0.224 e. The first kappa shape index (κ1) is 19.0. The minimum Gasteiger partial charge on any atom is -0.326 e. The fourth-order valence-corrected chi connectivity index (χ4v) is 5.90. The lowest BCUT2D eigenvalue weighted by molar-refractivity contribution is -0.116. The van der Waals surface area contributed by atoms with Crippen molar-refractivity contribution in [3.05, 3.63) is 53.6 Å². The van der Waals surface area contributed by atoms with Crippen molar-refractivity contribution in [1.82, 2.24) is 0 Å². The van der Waals surface area contributed by atoms with Gasteiger partial charge in [-0.2, -0.15) is 0 Å². The van der Waals surface area contributed by atoms with E-state index in [9.17, 15) is 13.2 Å². The molecule has 6 heteroatoms. The summed E-state index contributed by atoms with van der Waals surface area (Å²) in [5, 5.41) is 2.86. The van der Waals surface area contributed by atoms with Crippen molar-refractivity contribution in [2.24, 2.45) is 5.92 Å². The van der Waals surface area contributed by atoms with Crippen molar-refractivity contribution in [2.45, 2.75) is 36.5 Å². The Morgan fingerprint density at radius 2 is 1.88 bits per heavy atom. The average Bonchev–Trinajstić information content (AvgIpc) is 2.90. The Kier molecular flexibility index (Phi) is 5.73. The summed E-state index contributed by atoms with van der Waals surface area (Å²) in [5.74, 6) is 0.155. The molecule has 1 fully saturated rings. The summed E-state index contributed by atoms with van der Waals surface area (Å²) in [4.78, 5) is 14.4. The molecule has 0 aromatic heterocycles. The molecular weight excluding hydrogens is 366 g/mol. The molecule has 2 aromatic rings. The molecule has 1 amide bonds. The number of nitrogens with one attached hydrogen (secondary N) is 1. The highest BCUT2D eigenvalue weighted by molar-refractivity contribution is 7.99. The Morgan fingerprint density at radius 3 is 2.50 bits per heavy atom.